The first-order chi connectivity index (χ1) is 9.29. The standard InChI is InChI=1S/C15H18ClNS2/c1-2-17-13(9-12-7-8-18-10-12)11-19-15-6-4-3-5-14(15)16/h3-8,10,13,17H,2,9,11H2,1H3. The molecule has 2 rings (SSSR count). The maximum Gasteiger partial charge on any atom is 0.0541 e. The summed E-state index contributed by atoms with van der Waals surface area (Å²) in [5.41, 5.74) is 1.41. The second-order valence-electron chi connectivity index (χ2n) is 4.33. The molecule has 19 heavy (non-hydrogen) atoms. The number of thiophene rings is 1. The van der Waals surface area contributed by atoms with Gasteiger partial charge in [0.15, 0.2) is 0 Å². The number of halogens is 1. The Bertz CT molecular complexity index is 485. The predicted octanol–water partition coefficient (Wildman–Crippen LogP) is 4.71. The van der Waals surface area contributed by atoms with Crippen molar-refractivity contribution in [2.45, 2.75) is 24.3 Å². The summed E-state index contributed by atoms with van der Waals surface area (Å²) < 4.78 is 0. The van der Waals surface area contributed by atoms with Crippen molar-refractivity contribution in [1.82, 2.24) is 5.32 Å². The fourth-order valence-corrected chi connectivity index (χ4v) is 3.90. The number of rotatable bonds is 7. The van der Waals surface area contributed by atoms with Crippen LogP contribution in [0.5, 0.6) is 0 Å². The van der Waals surface area contributed by atoms with Crippen LogP contribution < -0.4 is 5.32 Å². The van der Waals surface area contributed by atoms with E-state index in [9.17, 15) is 0 Å². The second-order valence-corrected chi connectivity index (χ2v) is 6.58. The number of hydrogen-bond acceptors (Lipinski definition) is 3. The van der Waals surface area contributed by atoms with Gasteiger partial charge < -0.3 is 5.32 Å². The monoisotopic (exact) mass is 311 g/mol. The van der Waals surface area contributed by atoms with Gasteiger partial charge >= 0.3 is 0 Å². The van der Waals surface area contributed by atoms with E-state index in [1.54, 1.807) is 11.3 Å². The SMILES string of the molecule is CCNC(CSc1ccccc1Cl)Cc1ccsc1. The molecule has 1 nitrogen and oxygen atoms in total. The molecule has 0 spiro atoms. The van der Waals surface area contributed by atoms with Crippen LogP contribution in [0.3, 0.4) is 0 Å². The van der Waals surface area contributed by atoms with Gasteiger partial charge in [-0.1, -0.05) is 30.7 Å². The molecule has 1 aromatic heterocycles. The van der Waals surface area contributed by atoms with Crippen molar-refractivity contribution in [2.24, 2.45) is 0 Å². The van der Waals surface area contributed by atoms with Crippen molar-refractivity contribution >= 4 is 34.7 Å². The zero-order chi connectivity index (χ0) is 13.5. The first-order valence-electron chi connectivity index (χ1n) is 6.41. The molecule has 4 heteroatoms. The molecule has 0 amide bonds. The van der Waals surface area contributed by atoms with Crippen molar-refractivity contribution in [3.05, 3.63) is 51.7 Å². The summed E-state index contributed by atoms with van der Waals surface area (Å²) in [6.45, 7) is 3.15. The maximum absolute atomic E-state index is 6.19. The summed E-state index contributed by atoms with van der Waals surface area (Å²) >= 11 is 9.77. The van der Waals surface area contributed by atoms with Gasteiger partial charge in [0.1, 0.15) is 0 Å². The van der Waals surface area contributed by atoms with Gasteiger partial charge in [-0.15, -0.1) is 11.8 Å². The fraction of sp³-hybridized carbons (Fsp3) is 0.333. The molecule has 1 N–H and O–H groups in total. The molecule has 1 unspecified atom stereocenters. The third-order valence-electron chi connectivity index (χ3n) is 2.83. The molecule has 102 valence electrons. The fourth-order valence-electron chi connectivity index (χ4n) is 1.92. The number of nitrogens with one attached hydrogen (secondary N) is 1. The van der Waals surface area contributed by atoms with Crippen LogP contribution in [0.2, 0.25) is 5.02 Å². The molecule has 0 aliphatic rings. The Morgan fingerprint density at radius 3 is 2.84 bits per heavy atom. The van der Waals surface area contributed by atoms with Crippen molar-refractivity contribution in [1.29, 1.82) is 0 Å². The molecule has 1 atom stereocenters. The topological polar surface area (TPSA) is 12.0 Å². The highest BCUT2D eigenvalue weighted by molar-refractivity contribution is 7.99. The largest absolute Gasteiger partial charge is 0.313 e. The number of hydrogen-bond donors (Lipinski definition) is 1. The zero-order valence-electron chi connectivity index (χ0n) is 10.9. The molecule has 0 aliphatic carbocycles. The molecular formula is C15H18ClNS2. The first-order valence-corrected chi connectivity index (χ1v) is 8.72. The smallest absolute Gasteiger partial charge is 0.0541 e. The Balaban J connectivity index is 1.91. The van der Waals surface area contributed by atoms with Gasteiger partial charge in [0, 0.05) is 16.7 Å². The molecule has 2 aromatic rings. The summed E-state index contributed by atoms with van der Waals surface area (Å²) in [7, 11) is 0. The molecule has 1 aromatic carbocycles. The van der Waals surface area contributed by atoms with E-state index in [4.69, 9.17) is 11.6 Å². The van der Waals surface area contributed by atoms with E-state index in [1.807, 2.05) is 30.0 Å². The Morgan fingerprint density at radius 2 is 2.16 bits per heavy atom. The van der Waals surface area contributed by atoms with E-state index in [0.29, 0.717) is 6.04 Å². The van der Waals surface area contributed by atoms with Crippen LogP contribution in [0.25, 0.3) is 0 Å². The number of thioether (sulfide) groups is 1. The summed E-state index contributed by atoms with van der Waals surface area (Å²) in [6.07, 6.45) is 1.08. The Morgan fingerprint density at radius 1 is 1.32 bits per heavy atom. The molecule has 1 heterocycles. The van der Waals surface area contributed by atoms with Crippen LogP contribution in [0.15, 0.2) is 46.0 Å². The van der Waals surface area contributed by atoms with E-state index in [1.165, 1.54) is 5.56 Å². The van der Waals surface area contributed by atoms with Crippen molar-refractivity contribution < 1.29 is 0 Å². The van der Waals surface area contributed by atoms with Gasteiger partial charge in [-0.3, -0.25) is 0 Å². The minimum Gasteiger partial charge on any atom is -0.313 e. The van der Waals surface area contributed by atoms with Crippen molar-refractivity contribution in [2.75, 3.05) is 12.3 Å². The summed E-state index contributed by atoms with van der Waals surface area (Å²) in [5.74, 6) is 1.04. The highest BCUT2D eigenvalue weighted by Crippen LogP contribution is 2.27. The van der Waals surface area contributed by atoms with Gasteiger partial charge in [0.05, 0.1) is 5.02 Å². The van der Waals surface area contributed by atoms with E-state index in [2.05, 4.69) is 35.1 Å². The van der Waals surface area contributed by atoms with Crippen LogP contribution in [0.1, 0.15) is 12.5 Å². The van der Waals surface area contributed by atoms with Crippen LogP contribution >= 0.6 is 34.7 Å². The quantitative estimate of drug-likeness (QED) is 0.743. The third-order valence-corrected chi connectivity index (χ3v) is 5.24. The average molecular weight is 312 g/mol. The second kappa shape index (κ2) is 7.95. The summed E-state index contributed by atoms with van der Waals surface area (Å²) in [6, 6.07) is 10.7. The Hall–Kier alpha value is -0.480. The molecule has 0 fully saturated rings. The minimum atomic E-state index is 0.487. The lowest BCUT2D eigenvalue weighted by Crippen LogP contribution is -2.33. The number of benzene rings is 1. The molecule has 0 saturated carbocycles. The van der Waals surface area contributed by atoms with E-state index in [0.717, 1.165) is 28.6 Å². The highest BCUT2D eigenvalue weighted by Gasteiger charge is 2.10. The maximum atomic E-state index is 6.19. The minimum absolute atomic E-state index is 0.487. The van der Waals surface area contributed by atoms with Crippen LogP contribution in [-0.4, -0.2) is 18.3 Å². The summed E-state index contributed by atoms with van der Waals surface area (Å²) in [5, 5.41) is 8.76. The van der Waals surface area contributed by atoms with Gasteiger partial charge in [0.2, 0.25) is 0 Å². The molecule has 0 bridgehead atoms. The summed E-state index contributed by atoms with van der Waals surface area (Å²) in [4.78, 5) is 1.16. The van der Waals surface area contributed by atoms with Gasteiger partial charge in [-0.05, 0) is 47.5 Å². The highest BCUT2D eigenvalue weighted by atomic mass is 35.5. The van der Waals surface area contributed by atoms with Crippen molar-refractivity contribution in [3.8, 4) is 0 Å². The molecule has 0 aliphatic heterocycles. The lowest BCUT2D eigenvalue weighted by molar-refractivity contribution is 0.573. The predicted molar refractivity (Wildman–Crippen MR) is 87.7 cm³/mol. The van der Waals surface area contributed by atoms with E-state index in [-0.39, 0.29) is 0 Å². The lowest BCUT2D eigenvalue weighted by atomic mass is 10.1. The van der Waals surface area contributed by atoms with Crippen LogP contribution in [-0.2, 0) is 6.42 Å². The van der Waals surface area contributed by atoms with E-state index >= 15 is 0 Å². The van der Waals surface area contributed by atoms with Crippen molar-refractivity contribution in [3.63, 3.8) is 0 Å². The van der Waals surface area contributed by atoms with E-state index < -0.39 is 0 Å². The normalized spacial score (nSPS) is 12.5. The average Bonchev–Trinajstić information content (AvgIpc) is 2.91. The Kier molecular flexibility index (Phi) is 6.24. The number of likely N-dealkylation sites (N-methyl/N-ethyl adjacent to an activating group) is 1. The van der Waals surface area contributed by atoms with Gasteiger partial charge in [0.25, 0.3) is 0 Å². The molecular weight excluding hydrogens is 294 g/mol. The molecule has 0 radical (unpaired) electrons. The zero-order valence-corrected chi connectivity index (χ0v) is 13.3. The van der Waals surface area contributed by atoms with Crippen LogP contribution in [0.4, 0.5) is 0 Å². The van der Waals surface area contributed by atoms with Gasteiger partial charge in [-0.25, -0.2) is 0 Å². The lowest BCUT2D eigenvalue weighted by Gasteiger charge is -2.17. The van der Waals surface area contributed by atoms with Gasteiger partial charge in [-0.2, -0.15) is 11.3 Å². The third kappa shape index (κ3) is 4.84. The van der Waals surface area contributed by atoms with Crippen LogP contribution in [0, 0.1) is 0 Å². The first kappa shape index (κ1) is 14.9. The molecule has 0 saturated heterocycles. The Labute approximate surface area is 128 Å².